The number of hydrogen-bond donors (Lipinski definition) is 1. The number of aromatic amines is 1. The Morgan fingerprint density at radius 2 is 1.90 bits per heavy atom. The van der Waals surface area contributed by atoms with Crippen LogP contribution in [-0.4, -0.2) is 68.2 Å². The van der Waals surface area contributed by atoms with Crippen molar-refractivity contribution in [3.8, 4) is 0 Å². The molecule has 5 rings (SSSR count). The molecule has 3 aromatic rings. The number of aryl methyl sites for hydroxylation is 1. The average molecular weight is 422 g/mol. The van der Waals surface area contributed by atoms with Crippen LogP contribution in [0.25, 0.3) is 10.9 Å². The van der Waals surface area contributed by atoms with E-state index in [0.29, 0.717) is 6.04 Å². The summed E-state index contributed by atoms with van der Waals surface area (Å²) in [6.45, 7) is 5.84. The van der Waals surface area contributed by atoms with E-state index in [1.165, 1.54) is 18.4 Å². The van der Waals surface area contributed by atoms with Crippen LogP contribution in [0.1, 0.15) is 61.6 Å². The van der Waals surface area contributed by atoms with Gasteiger partial charge in [-0.05, 0) is 65.9 Å². The predicted molar refractivity (Wildman–Crippen MR) is 120 cm³/mol. The van der Waals surface area contributed by atoms with Gasteiger partial charge in [0.05, 0.1) is 6.04 Å². The fourth-order valence-electron chi connectivity index (χ4n) is 5.06. The molecule has 0 bridgehead atoms. The van der Waals surface area contributed by atoms with Crippen molar-refractivity contribution in [1.82, 2.24) is 35.0 Å². The first-order chi connectivity index (χ1) is 15.1. The Morgan fingerprint density at radius 3 is 2.65 bits per heavy atom. The summed E-state index contributed by atoms with van der Waals surface area (Å²) in [4.78, 5) is 21.1. The number of pyridine rings is 1. The summed E-state index contributed by atoms with van der Waals surface area (Å²) in [6, 6.07) is 8.40. The Kier molecular flexibility index (Phi) is 5.58. The SMILES string of the molecule is CCc1ccc2[nH]c(=O)c([C@H](c3nnnn3C3CCCC3)N3CCN(C)CC3)cc2c1. The van der Waals surface area contributed by atoms with Crippen molar-refractivity contribution < 1.29 is 0 Å². The van der Waals surface area contributed by atoms with Gasteiger partial charge in [-0.15, -0.1) is 5.10 Å². The molecule has 1 saturated carbocycles. The van der Waals surface area contributed by atoms with Crippen LogP contribution in [0.4, 0.5) is 0 Å². The van der Waals surface area contributed by atoms with E-state index in [-0.39, 0.29) is 11.6 Å². The van der Waals surface area contributed by atoms with Crippen molar-refractivity contribution in [2.45, 2.75) is 51.1 Å². The highest BCUT2D eigenvalue weighted by Gasteiger charge is 2.34. The molecule has 1 aliphatic heterocycles. The number of H-pyrrole nitrogens is 1. The molecular weight excluding hydrogens is 390 g/mol. The topological polar surface area (TPSA) is 82.9 Å². The minimum absolute atomic E-state index is 0.0540. The van der Waals surface area contributed by atoms with Crippen LogP contribution in [0.5, 0.6) is 0 Å². The van der Waals surface area contributed by atoms with E-state index in [2.05, 4.69) is 62.5 Å². The molecule has 2 aromatic heterocycles. The van der Waals surface area contributed by atoms with Crippen LogP contribution in [0, 0.1) is 0 Å². The molecule has 3 heterocycles. The third-order valence-electron chi connectivity index (χ3n) is 6.98. The van der Waals surface area contributed by atoms with Crippen molar-refractivity contribution in [2.75, 3.05) is 33.2 Å². The molecule has 1 aromatic carbocycles. The minimum Gasteiger partial charge on any atom is -0.322 e. The maximum Gasteiger partial charge on any atom is 0.253 e. The van der Waals surface area contributed by atoms with Crippen molar-refractivity contribution in [2.24, 2.45) is 0 Å². The summed E-state index contributed by atoms with van der Waals surface area (Å²) in [6.07, 6.45) is 5.58. The molecule has 31 heavy (non-hydrogen) atoms. The monoisotopic (exact) mass is 421 g/mol. The van der Waals surface area contributed by atoms with E-state index < -0.39 is 0 Å². The van der Waals surface area contributed by atoms with Crippen LogP contribution < -0.4 is 5.56 Å². The van der Waals surface area contributed by atoms with Crippen LogP contribution in [0.15, 0.2) is 29.1 Å². The molecule has 2 aliphatic rings. The first-order valence-electron chi connectivity index (χ1n) is 11.5. The zero-order valence-corrected chi connectivity index (χ0v) is 18.4. The largest absolute Gasteiger partial charge is 0.322 e. The Hall–Kier alpha value is -2.58. The molecule has 1 saturated heterocycles. The van der Waals surface area contributed by atoms with Gasteiger partial charge in [-0.1, -0.05) is 25.8 Å². The van der Waals surface area contributed by atoms with Gasteiger partial charge in [0, 0.05) is 37.3 Å². The van der Waals surface area contributed by atoms with Crippen molar-refractivity contribution in [3.05, 3.63) is 51.6 Å². The molecule has 1 atom stereocenters. The van der Waals surface area contributed by atoms with Crippen LogP contribution in [-0.2, 0) is 6.42 Å². The zero-order valence-electron chi connectivity index (χ0n) is 18.4. The molecule has 1 N–H and O–H groups in total. The number of nitrogens with one attached hydrogen (secondary N) is 1. The van der Waals surface area contributed by atoms with Gasteiger partial charge in [-0.3, -0.25) is 9.69 Å². The Morgan fingerprint density at radius 1 is 1.13 bits per heavy atom. The fourth-order valence-corrected chi connectivity index (χ4v) is 5.06. The van der Waals surface area contributed by atoms with Gasteiger partial charge < -0.3 is 9.88 Å². The van der Waals surface area contributed by atoms with Gasteiger partial charge in [0.2, 0.25) is 0 Å². The minimum atomic E-state index is -0.247. The standard InChI is InChI=1S/C23H31N7O/c1-3-16-8-9-20-17(14-16)15-19(23(31)24-20)21(29-12-10-28(2)11-13-29)22-25-26-27-30(22)18-6-4-5-7-18/h8-9,14-15,18,21H,3-7,10-13H2,1-2H3,(H,24,31)/t21-/m1/s1. The maximum absolute atomic E-state index is 13.3. The second-order valence-electron chi connectivity index (χ2n) is 8.99. The van der Waals surface area contributed by atoms with Gasteiger partial charge in [0.25, 0.3) is 5.56 Å². The lowest BCUT2D eigenvalue weighted by molar-refractivity contribution is 0.120. The molecule has 1 aliphatic carbocycles. The number of hydrogen-bond acceptors (Lipinski definition) is 6. The summed E-state index contributed by atoms with van der Waals surface area (Å²) >= 11 is 0. The number of likely N-dealkylation sites (N-methyl/N-ethyl adjacent to an activating group) is 1. The Labute approximate surface area is 182 Å². The van der Waals surface area contributed by atoms with Crippen molar-refractivity contribution in [3.63, 3.8) is 0 Å². The smallest absolute Gasteiger partial charge is 0.253 e. The van der Waals surface area contributed by atoms with Gasteiger partial charge in [-0.2, -0.15) is 0 Å². The van der Waals surface area contributed by atoms with E-state index in [4.69, 9.17) is 0 Å². The number of rotatable bonds is 5. The lowest BCUT2D eigenvalue weighted by Gasteiger charge is -2.37. The van der Waals surface area contributed by atoms with Crippen LogP contribution in [0.3, 0.4) is 0 Å². The highest BCUT2D eigenvalue weighted by atomic mass is 16.1. The molecule has 164 valence electrons. The van der Waals surface area contributed by atoms with E-state index in [9.17, 15) is 4.79 Å². The van der Waals surface area contributed by atoms with Gasteiger partial charge >= 0.3 is 0 Å². The summed E-state index contributed by atoms with van der Waals surface area (Å²) in [7, 11) is 2.14. The second-order valence-corrected chi connectivity index (χ2v) is 8.99. The normalized spacial score (nSPS) is 19.9. The molecule has 2 fully saturated rings. The van der Waals surface area contributed by atoms with E-state index in [0.717, 1.165) is 67.7 Å². The molecule has 0 amide bonds. The molecule has 0 spiro atoms. The number of benzene rings is 1. The average Bonchev–Trinajstić information content (AvgIpc) is 3.47. The summed E-state index contributed by atoms with van der Waals surface area (Å²) < 4.78 is 2.00. The van der Waals surface area contributed by atoms with Gasteiger partial charge in [0.15, 0.2) is 5.82 Å². The zero-order chi connectivity index (χ0) is 21.4. The lowest BCUT2D eigenvalue weighted by Crippen LogP contribution is -2.47. The lowest BCUT2D eigenvalue weighted by atomic mass is 10.0. The molecule has 0 unspecified atom stereocenters. The number of fused-ring (bicyclic) bond motifs is 1. The third kappa shape index (κ3) is 3.90. The second kappa shape index (κ2) is 8.51. The van der Waals surface area contributed by atoms with Crippen LogP contribution >= 0.6 is 0 Å². The summed E-state index contributed by atoms with van der Waals surface area (Å²) in [5.74, 6) is 0.799. The van der Waals surface area contributed by atoms with E-state index in [1.807, 2.05) is 10.7 Å². The molecule has 8 heteroatoms. The Balaban J connectivity index is 1.63. The molecule has 0 radical (unpaired) electrons. The number of piperazine rings is 1. The quantitative estimate of drug-likeness (QED) is 0.682. The first-order valence-corrected chi connectivity index (χ1v) is 11.5. The summed E-state index contributed by atoms with van der Waals surface area (Å²) in [5.41, 5.74) is 2.82. The Bertz CT molecular complexity index is 1110. The fraction of sp³-hybridized carbons (Fsp3) is 0.565. The number of nitrogens with zero attached hydrogens (tertiary/aromatic N) is 6. The number of aromatic nitrogens is 5. The van der Waals surface area contributed by atoms with E-state index in [1.54, 1.807) is 0 Å². The van der Waals surface area contributed by atoms with Crippen molar-refractivity contribution in [1.29, 1.82) is 0 Å². The van der Waals surface area contributed by atoms with Gasteiger partial charge in [0.1, 0.15) is 6.04 Å². The predicted octanol–water partition coefficient (Wildman–Crippen LogP) is 2.53. The number of tetrazole rings is 1. The maximum atomic E-state index is 13.3. The highest BCUT2D eigenvalue weighted by molar-refractivity contribution is 5.80. The molecular formula is C23H31N7O. The third-order valence-corrected chi connectivity index (χ3v) is 6.98. The molecule has 8 nitrogen and oxygen atoms in total. The van der Waals surface area contributed by atoms with Crippen LogP contribution in [0.2, 0.25) is 0 Å². The van der Waals surface area contributed by atoms with Gasteiger partial charge in [-0.25, -0.2) is 4.68 Å². The summed E-state index contributed by atoms with van der Waals surface area (Å²) in [5, 5.41) is 14.0. The van der Waals surface area contributed by atoms with Crippen molar-refractivity contribution >= 4 is 10.9 Å². The van der Waals surface area contributed by atoms with E-state index >= 15 is 0 Å². The first kappa shape index (κ1) is 20.3. The highest BCUT2D eigenvalue weighted by Crippen LogP contribution is 2.34.